The molecule has 0 saturated carbocycles. The summed E-state index contributed by atoms with van der Waals surface area (Å²) in [7, 11) is 0. The first kappa shape index (κ1) is 16.2. The van der Waals surface area contributed by atoms with E-state index in [0.717, 1.165) is 29.7 Å². The van der Waals surface area contributed by atoms with Crippen molar-refractivity contribution in [3.8, 4) is 0 Å². The molecule has 4 nitrogen and oxygen atoms in total. The molecule has 1 aliphatic carbocycles. The van der Waals surface area contributed by atoms with Crippen molar-refractivity contribution in [2.45, 2.75) is 32.1 Å². The Labute approximate surface area is 142 Å². The zero-order valence-electron chi connectivity index (χ0n) is 13.8. The lowest BCUT2D eigenvalue weighted by atomic mass is 9.85. The van der Waals surface area contributed by atoms with Crippen LogP contribution >= 0.6 is 0 Å². The van der Waals surface area contributed by atoms with Gasteiger partial charge in [0.2, 0.25) is 5.91 Å². The summed E-state index contributed by atoms with van der Waals surface area (Å²) in [4.78, 5) is 23.5. The number of hydrogen-bond donors (Lipinski definition) is 2. The molecule has 24 heavy (non-hydrogen) atoms. The molecular formula is C20H22N2O2. The van der Waals surface area contributed by atoms with Crippen molar-refractivity contribution >= 4 is 11.8 Å². The van der Waals surface area contributed by atoms with Crippen LogP contribution in [0.2, 0.25) is 0 Å². The van der Waals surface area contributed by atoms with Crippen LogP contribution in [0.25, 0.3) is 0 Å². The predicted octanol–water partition coefficient (Wildman–Crippen LogP) is 3.20. The van der Waals surface area contributed by atoms with Crippen LogP contribution in [-0.4, -0.2) is 18.4 Å². The van der Waals surface area contributed by atoms with E-state index in [1.807, 2.05) is 37.3 Å². The molecule has 1 heterocycles. The van der Waals surface area contributed by atoms with Gasteiger partial charge < -0.3 is 10.6 Å². The number of carbonyl (C=O) groups excluding carboxylic acids is 2. The Hall–Kier alpha value is -2.62. The molecule has 2 N–H and O–H groups in total. The van der Waals surface area contributed by atoms with Crippen molar-refractivity contribution in [3.63, 3.8) is 0 Å². The van der Waals surface area contributed by atoms with E-state index in [2.05, 4.69) is 28.9 Å². The van der Waals surface area contributed by atoms with E-state index in [9.17, 15) is 9.59 Å². The summed E-state index contributed by atoms with van der Waals surface area (Å²) in [6.07, 6.45) is 10.3. The number of carbonyl (C=O) groups is 2. The van der Waals surface area contributed by atoms with E-state index < -0.39 is 0 Å². The zero-order valence-corrected chi connectivity index (χ0v) is 13.8. The van der Waals surface area contributed by atoms with Crippen LogP contribution < -0.4 is 10.6 Å². The molecule has 4 heteroatoms. The molecule has 2 aliphatic rings. The summed E-state index contributed by atoms with van der Waals surface area (Å²) in [5.41, 5.74) is 4.05. The second-order valence-electron chi connectivity index (χ2n) is 6.15. The van der Waals surface area contributed by atoms with E-state index in [1.54, 1.807) is 0 Å². The lowest BCUT2D eigenvalue weighted by molar-refractivity contribution is -0.120. The summed E-state index contributed by atoms with van der Waals surface area (Å²) in [6.45, 7) is 2.51. The Balaban J connectivity index is 1.71. The average molecular weight is 322 g/mol. The Morgan fingerprint density at radius 1 is 1.33 bits per heavy atom. The van der Waals surface area contributed by atoms with Crippen LogP contribution in [0.5, 0.6) is 0 Å². The third-order valence-corrected chi connectivity index (χ3v) is 4.46. The van der Waals surface area contributed by atoms with Gasteiger partial charge in [-0.15, -0.1) is 0 Å². The van der Waals surface area contributed by atoms with Crippen LogP contribution in [0.4, 0.5) is 0 Å². The molecule has 0 aromatic heterocycles. The highest BCUT2D eigenvalue weighted by Gasteiger charge is 2.25. The molecule has 0 fully saturated rings. The fourth-order valence-electron chi connectivity index (χ4n) is 3.14. The van der Waals surface area contributed by atoms with Gasteiger partial charge in [0.05, 0.1) is 0 Å². The van der Waals surface area contributed by atoms with E-state index in [1.165, 1.54) is 5.57 Å². The maximum Gasteiger partial charge on any atom is 0.251 e. The number of allylic oxidation sites excluding steroid dienone is 5. The van der Waals surface area contributed by atoms with Gasteiger partial charge in [-0.3, -0.25) is 9.59 Å². The maximum atomic E-state index is 12.0. The number of hydrogen-bond acceptors (Lipinski definition) is 2. The third-order valence-electron chi connectivity index (χ3n) is 4.46. The van der Waals surface area contributed by atoms with Crippen molar-refractivity contribution in [2.75, 3.05) is 6.54 Å². The van der Waals surface area contributed by atoms with Crippen LogP contribution in [0.3, 0.4) is 0 Å². The second kappa shape index (κ2) is 7.30. The van der Waals surface area contributed by atoms with E-state index >= 15 is 0 Å². The Morgan fingerprint density at radius 2 is 2.17 bits per heavy atom. The largest absolute Gasteiger partial charge is 0.351 e. The lowest BCUT2D eigenvalue weighted by Crippen LogP contribution is -2.35. The lowest BCUT2D eigenvalue weighted by Gasteiger charge is -2.26. The van der Waals surface area contributed by atoms with Gasteiger partial charge in [-0.2, -0.15) is 0 Å². The average Bonchev–Trinajstić information content (AvgIpc) is 2.83. The molecule has 1 aromatic rings. The smallest absolute Gasteiger partial charge is 0.251 e. The summed E-state index contributed by atoms with van der Waals surface area (Å²) in [6, 6.07) is 7.83. The quantitative estimate of drug-likeness (QED) is 0.894. The Bertz CT molecular complexity index is 744. The Kier molecular flexibility index (Phi) is 4.94. The van der Waals surface area contributed by atoms with E-state index in [4.69, 9.17) is 0 Å². The number of rotatable bonds is 4. The zero-order chi connectivity index (χ0) is 16.9. The highest BCUT2D eigenvalue weighted by Crippen LogP contribution is 2.31. The molecular weight excluding hydrogens is 300 g/mol. The Morgan fingerprint density at radius 3 is 3.00 bits per heavy atom. The first-order valence-corrected chi connectivity index (χ1v) is 8.40. The van der Waals surface area contributed by atoms with E-state index in [0.29, 0.717) is 18.9 Å². The predicted molar refractivity (Wildman–Crippen MR) is 94.5 cm³/mol. The van der Waals surface area contributed by atoms with Gasteiger partial charge >= 0.3 is 0 Å². The molecule has 2 amide bonds. The van der Waals surface area contributed by atoms with Gasteiger partial charge in [-0.1, -0.05) is 48.9 Å². The molecule has 124 valence electrons. The fraction of sp³-hybridized carbons (Fsp3) is 0.300. The number of amides is 2. The highest BCUT2D eigenvalue weighted by atomic mass is 16.2. The molecule has 1 aliphatic heterocycles. The molecule has 0 spiro atoms. The van der Waals surface area contributed by atoms with Crippen LogP contribution in [0, 0.1) is 0 Å². The van der Waals surface area contributed by atoms with Gasteiger partial charge in [0.25, 0.3) is 5.91 Å². The van der Waals surface area contributed by atoms with Gasteiger partial charge in [0.15, 0.2) is 0 Å². The van der Waals surface area contributed by atoms with Crippen molar-refractivity contribution in [1.82, 2.24) is 10.6 Å². The topological polar surface area (TPSA) is 58.2 Å². The first-order valence-electron chi connectivity index (χ1n) is 8.40. The minimum atomic E-state index is 0.0149. The van der Waals surface area contributed by atoms with Gasteiger partial charge in [0.1, 0.15) is 0 Å². The van der Waals surface area contributed by atoms with Crippen LogP contribution in [0.15, 0.2) is 59.8 Å². The normalized spacial score (nSPS) is 19.5. The SMILES string of the molecule is CCC(=O)NC1=CCC(CC2CNC(=O)c3ccccc32)=CC=C1. The monoisotopic (exact) mass is 322 g/mol. The molecule has 1 unspecified atom stereocenters. The fourth-order valence-corrected chi connectivity index (χ4v) is 3.14. The number of nitrogens with one attached hydrogen (secondary N) is 2. The number of benzene rings is 1. The van der Waals surface area contributed by atoms with Crippen molar-refractivity contribution in [1.29, 1.82) is 0 Å². The number of fused-ring (bicyclic) bond motifs is 1. The van der Waals surface area contributed by atoms with E-state index in [-0.39, 0.29) is 11.8 Å². The summed E-state index contributed by atoms with van der Waals surface area (Å²) in [5.74, 6) is 0.332. The minimum absolute atomic E-state index is 0.0149. The summed E-state index contributed by atoms with van der Waals surface area (Å²) in [5, 5.41) is 5.88. The highest BCUT2D eigenvalue weighted by molar-refractivity contribution is 5.97. The summed E-state index contributed by atoms with van der Waals surface area (Å²) < 4.78 is 0. The van der Waals surface area contributed by atoms with Crippen LogP contribution in [-0.2, 0) is 4.79 Å². The van der Waals surface area contributed by atoms with Crippen molar-refractivity contribution < 1.29 is 9.59 Å². The molecule has 0 radical (unpaired) electrons. The van der Waals surface area contributed by atoms with Crippen molar-refractivity contribution in [3.05, 3.63) is 71.0 Å². The standard InChI is InChI=1S/C20H22N2O2/c1-2-19(23)22-16-7-5-6-14(10-11-16)12-15-13-21-20(24)18-9-4-3-8-17(15)18/h3-9,11,15H,2,10,12-13H2,1H3,(H,21,24)(H,22,23). The molecule has 0 bridgehead atoms. The maximum absolute atomic E-state index is 12.0. The van der Waals surface area contributed by atoms with Crippen LogP contribution in [0.1, 0.15) is 48.0 Å². The third kappa shape index (κ3) is 3.65. The van der Waals surface area contributed by atoms with Crippen molar-refractivity contribution in [2.24, 2.45) is 0 Å². The van der Waals surface area contributed by atoms with Gasteiger partial charge in [-0.05, 0) is 30.5 Å². The first-order chi connectivity index (χ1) is 11.7. The molecule has 0 saturated heterocycles. The minimum Gasteiger partial charge on any atom is -0.351 e. The molecule has 1 aromatic carbocycles. The summed E-state index contributed by atoms with van der Waals surface area (Å²) >= 11 is 0. The van der Waals surface area contributed by atoms with Gasteiger partial charge in [-0.25, -0.2) is 0 Å². The van der Waals surface area contributed by atoms with Gasteiger partial charge in [0, 0.05) is 30.1 Å². The second-order valence-corrected chi connectivity index (χ2v) is 6.15. The molecule has 3 rings (SSSR count). The molecule has 1 atom stereocenters.